The zero-order valence-electron chi connectivity index (χ0n) is 57.2. The van der Waals surface area contributed by atoms with Crippen molar-refractivity contribution in [1.29, 1.82) is 0 Å². The van der Waals surface area contributed by atoms with Gasteiger partial charge in [-0.25, -0.2) is 4.98 Å². The van der Waals surface area contributed by atoms with Gasteiger partial charge in [0, 0.05) is 66.1 Å². The number of hydrogen-bond acceptors (Lipinski definition) is 3. The van der Waals surface area contributed by atoms with Crippen LogP contribution in [0, 0.1) is 18.8 Å². The molecule has 2 aromatic heterocycles. The number of benzene rings is 13. The maximum Gasteiger partial charge on any atom is 0.135 e. The first-order valence-corrected chi connectivity index (χ1v) is 36.5. The van der Waals surface area contributed by atoms with Gasteiger partial charge in [0.1, 0.15) is 13.9 Å². The summed E-state index contributed by atoms with van der Waals surface area (Å²) in [4.78, 5) is 10.0. The van der Waals surface area contributed by atoms with Crippen LogP contribution in [-0.4, -0.2) is 17.6 Å². The van der Waals surface area contributed by atoms with Crippen LogP contribution in [0.5, 0.6) is 0 Å². The minimum Gasteiger partial charge on any atom is -0.493 e. The maximum absolute atomic E-state index is 5.25. The van der Waals surface area contributed by atoms with E-state index in [1.807, 2.05) is 6.20 Å². The smallest absolute Gasteiger partial charge is 0.135 e. The molecule has 0 aliphatic carbocycles. The second-order valence-corrected chi connectivity index (χ2v) is 31.7. The molecule has 0 spiro atoms. The third-order valence-corrected chi connectivity index (χ3v) is 26.0. The van der Waals surface area contributed by atoms with E-state index in [1.165, 1.54) is 66.0 Å². The number of fused-ring (bicyclic) bond motifs is 4. The second kappa shape index (κ2) is 26.5. The van der Waals surface area contributed by atoms with Gasteiger partial charge in [0.2, 0.25) is 0 Å². The van der Waals surface area contributed by atoms with E-state index in [2.05, 4.69) is 420 Å². The van der Waals surface area contributed by atoms with Crippen molar-refractivity contribution < 1.29 is 21.1 Å². The summed E-state index contributed by atoms with van der Waals surface area (Å²) in [5.41, 5.74) is 16.6. The summed E-state index contributed by atoms with van der Waals surface area (Å²) in [6, 6.07) is 136. The number of aromatic nitrogens is 2. The van der Waals surface area contributed by atoms with Crippen LogP contribution in [0.2, 0.25) is 0 Å². The fourth-order valence-corrected chi connectivity index (χ4v) is 20.4. The molecule has 0 saturated heterocycles. The molecule has 490 valence electrons. The predicted octanol–water partition coefficient (Wildman–Crippen LogP) is 19.9. The van der Waals surface area contributed by atoms with E-state index in [9.17, 15) is 0 Å². The summed E-state index contributed by atoms with van der Waals surface area (Å²) in [6.07, 6.45) is 1.98. The van der Waals surface area contributed by atoms with Crippen molar-refractivity contribution in [1.82, 2.24) is 9.55 Å². The maximum atomic E-state index is 5.25. The van der Waals surface area contributed by atoms with Crippen LogP contribution >= 0.6 is 0 Å². The Bertz CT molecular complexity index is 5110. The third kappa shape index (κ3) is 11.1. The van der Waals surface area contributed by atoms with Crippen molar-refractivity contribution in [2.45, 2.75) is 63.2 Å². The molecule has 1 aliphatic heterocycles. The standard InChI is InChI=1S/C94H77N4Si.Pt/c1-91(2,3)74-58-59-95-90(64-74)98-86-57-54-75(92(4,68-34-15-7-16-35-68)69-36-17-8-18-37-69)63-85(86)84-56-55-83(66-89(84)98)99(80-47-27-13-28-48-80,81-49-29-14-30-50-81)82-51-33-46-78(65-82)96-67-97(88-53-32-31-52-87(88)96)79-61-76(93(5,70-38-19-9-20-39-70)71-40-21-10-22-41-71)60-77(62-79)94(6,72-42-23-11-24-43-72)73-44-25-12-26-45-73;/h7-64,67H,1-6H3;/q-3;. The molecule has 0 N–H and O–H groups in total. The van der Waals surface area contributed by atoms with Crippen LogP contribution in [0.15, 0.2) is 352 Å². The van der Waals surface area contributed by atoms with Crippen LogP contribution in [0.1, 0.15) is 97.2 Å². The van der Waals surface area contributed by atoms with Crippen molar-refractivity contribution in [3.63, 3.8) is 0 Å². The van der Waals surface area contributed by atoms with Gasteiger partial charge in [-0.3, -0.25) is 0 Å². The summed E-state index contributed by atoms with van der Waals surface area (Å²) in [6.45, 7) is 16.3. The van der Waals surface area contributed by atoms with Gasteiger partial charge < -0.3 is 14.4 Å². The van der Waals surface area contributed by atoms with Gasteiger partial charge in [0.15, 0.2) is 0 Å². The first-order valence-electron chi connectivity index (χ1n) is 34.5. The molecule has 4 nitrogen and oxygen atoms in total. The van der Waals surface area contributed by atoms with Crippen molar-refractivity contribution in [3.05, 3.63) is 426 Å². The third-order valence-electron chi connectivity index (χ3n) is 21.4. The van der Waals surface area contributed by atoms with Crippen LogP contribution in [0.25, 0.3) is 27.6 Å². The Kier molecular flexibility index (Phi) is 17.3. The van der Waals surface area contributed by atoms with Crippen molar-refractivity contribution in [2.75, 3.05) is 9.80 Å². The summed E-state index contributed by atoms with van der Waals surface area (Å²) in [7, 11) is -3.40. The molecule has 0 amide bonds. The fraction of sp³-hybridized carbons (Fsp3) is 0.106. The first-order chi connectivity index (χ1) is 48.4. The molecule has 0 unspecified atom stereocenters. The molecule has 0 radical (unpaired) electrons. The molecule has 3 heterocycles. The van der Waals surface area contributed by atoms with Crippen LogP contribution in [-0.2, 0) is 42.7 Å². The summed E-state index contributed by atoms with van der Waals surface area (Å²) in [5, 5.41) is 6.95. The zero-order valence-corrected chi connectivity index (χ0v) is 60.4. The van der Waals surface area contributed by atoms with Crippen LogP contribution in [0.4, 0.5) is 22.7 Å². The molecular weight excluding hydrogens is 1410 g/mol. The topological polar surface area (TPSA) is 24.3 Å². The molecule has 13 aromatic carbocycles. The molecule has 6 heteroatoms. The van der Waals surface area contributed by atoms with Crippen molar-refractivity contribution >= 4 is 73.4 Å². The largest absolute Gasteiger partial charge is 0.493 e. The molecule has 16 rings (SSSR count). The monoisotopic (exact) mass is 1480 g/mol. The molecule has 0 bridgehead atoms. The van der Waals surface area contributed by atoms with Crippen LogP contribution in [0.3, 0.4) is 0 Å². The Balaban J connectivity index is 0.00000812. The summed E-state index contributed by atoms with van der Waals surface area (Å²) >= 11 is 0. The summed E-state index contributed by atoms with van der Waals surface area (Å²) < 4.78 is 2.38. The number of hydrogen-bond donors (Lipinski definition) is 0. The number of anilines is 4. The predicted molar refractivity (Wildman–Crippen MR) is 415 cm³/mol. The fourth-order valence-electron chi connectivity index (χ4n) is 15.8. The van der Waals surface area contributed by atoms with Crippen molar-refractivity contribution in [2.24, 2.45) is 0 Å². The Morgan fingerprint density at radius 3 is 1.21 bits per heavy atom. The Labute approximate surface area is 604 Å². The van der Waals surface area contributed by atoms with E-state index in [4.69, 9.17) is 4.98 Å². The minimum atomic E-state index is -3.40. The normalized spacial score (nSPS) is 12.7. The average Bonchev–Trinajstić information content (AvgIpc) is 1.44. The average molecular weight is 1490 g/mol. The van der Waals surface area contributed by atoms with E-state index >= 15 is 0 Å². The van der Waals surface area contributed by atoms with Gasteiger partial charge in [-0.1, -0.05) is 299 Å². The summed E-state index contributed by atoms with van der Waals surface area (Å²) in [5.74, 6) is 0.859. The molecule has 1 aliphatic rings. The first kappa shape index (κ1) is 65.3. The SMILES string of the molecule is CC(C)(C)c1ccnc(-n2c3[c-]c([Si](c4[c-]c(N5[CH-]N(c6cc(C(C)(c7ccccc7)c7ccccc7)cc(C(C)(c7ccccc7)c7ccccc7)c6)c6ccccc65)ccc4)(c4ccccc4)c4ccccc4)ccc3c3cc(C(C)(c4ccccc4)c4ccccc4)ccc32)c1.[Pt]. The molecule has 15 aromatic rings. The molecule has 0 atom stereocenters. The van der Waals surface area contributed by atoms with Gasteiger partial charge in [0.25, 0.3) is 0 Å². The Morgan fingerprint density at radius 2 is 0.750 bits per heavy atom. The van der Waals surface area contributed by atoms with E-state index in [0.717, 1.165) is 60.7 Å². The van der Waals surface area contributed by atoms with Gasteiger partial charge in [0.05, 0.1) is 0 Å². The van der Waals surface area contributed by atoms with Crippen molar-refractivity contribution in [3.8, 4) is 5.82 Å². The Morgan fingerprint density at radius 1 is 0.330 bits per heavy atom. The second-order valence-electron chi connectivity index (χ2n) is 28.0. The molecule has 0 saturated carbocycles. The number of nitrogens with zero attached hydrogens (tertiary/aromatic N) is 4. The molecular formula is C94H77N4PtSi-3. The van der Waals surface area contributed by atoms with E-state index < -0.39 is 24.3 Å². The number of para-hydroxylation sites is 2. The minimum absolute atomic E-state index is 0. The zero-order chi connectivity index (χ0) is 67.4. The van der Waals surface area contributed by atoms with E-state index in [0.29, 0.717) is 0 Å². The molecule has 100 heavy (non-hydrogen) atoms. The van der Waals surface area contributed by atoms with Gasteiger partial charge in [-0.05, 0) is 140 Å². The number of rotatable bonds is 16. The van der Waals surface area contributed by atoms with E-state index in [-0.39, 0.29) is 26.5 Å². The van der Waals surface area contributed by atoms with Gasteiger partial charge in [-0.15, -0.1) is 17.7 Å². The van der Waals surface area contributed by atoms with Gasteiger partial charge in [-0.2, -0.15) is 52.8 Å². The quantitative estimate of drug-likeness (QED) is 0.0547. The van der Waals surface area contributed by atoms with E-state index in [1.54, 1.807) is 0 Å². The Hall–Kier alpha value is -10.7. The van der Waals surface area contributed by atoms with Gasteiger partial charge >= 0.3 is 0 Å². The van der Waals surface area contributed by atoms with Crippen LogP contribution < -0.4 is 30.5 Å². The molecule has 0 fully saturated rings. The number of pyridine rings is 1.